The molecule has 1 heterocycles. The standard InChI is InChI=1S/C12H21NO2S/c1-7(2)11(16)12(15)13-5-8-3-4-10(14)9(8)6-13/h7-11,14,16H,3-6H2,1-2H3. The Morgan fingerprint density at radius 1 is 1.38 bits per heavy atom. The zero-order chi connectivity index (χ0) is 11.9. The average Bonchev–Trinajstić information content (AvgIpc) is 2.79. The molecule has 2 fully saturated rings. The SMILES string of the molecule is CC(C)C(S)C(=O)N1CC2CCC(O)C2C1. The molecule has 4 heteroatoms. The summed E-state index contributed by atoms with van der Waals surface area (Å²) in [5.41, 5.74) is 0. The number of hydrogen-bond donors (Lipinski definition) is 2. The van der Waals surface area contributed by atoms with Crippen LogP contribution in [-0.2, 0) is 4.79 Å². The first-order valence-corrected chi connectivity index (χ1v) is 6.67. The molecule has 1 saturated carbocycles. The van der Waals surface area contributed by atoms with Gasteiger partial charge in [-0.1, -0.05) is 13.8 Å². The van der Waals surface area contributed by atoms with Crippen molar-refractivity contribution < 1.29 is 9.90 Å². The lowest BCUT2D eigenvalue weighted by atomic mass is 10.00. The Kier molecular flexibility index (Phi) is 3.50. The van der Waals surface area contributed by atoms with Crippen molar-refractivity contribution in [2.45, 2.75) is 38.0 Å². The largest absolute Gasteiger partial charge is 0.393 e. The van der Waals surface area contributed by atoms with E-state index in [0.29, 0.717) is 11.8 Å². The van der Waals surface area contributed by atoms with Crippen LogP contribution in [0, 0.1) is 17.8 Å². The molecule has 4 atom stereocenters. The van der Waals surface area contributed by atoms with Gasteiger partial charge in [-0.05, 0) is 24.7 Å². The Bertz CT molecular complexity index is 282. The number of carbonyl (C=O) groups excluding carboxylic acids is 1. The molecule has 1 aliphatic heterocycles. The summed E-state index contributed by atoms with van der Waals surface area (Å²) in [6, 6.07) is 0. The van der Waals surface area contributed by atoms with Crippen molar-refractivity contribution >= 4 is 18.5 Å². The highest BCUT2D eigenvalue weighted by Gasteiger charge is 2.44. The summed E-state index contributed by atoms with van der Waals surface area (Å²) in [5.74, 6) is 1.24. The number of carbonyl (C=O) groups is 1. The van der Waals surface area contributed by atoms with Gasteiger partial charge in [0.05, 0.1) is 11.4 Å². The molecule has 16 heavy (non-hydrogen) atoms. The summed E-state index contributed by atoms with van der Waals surface area (Å²) >= 11 is 4.37. The first-order chi connectivity index (χ1) is 7.50. The van der Waals surface area contributed by atoms with E-state index >= 15 is 0 Å². The van der Waals surface area contributed by atoms with Crippen molar-refractivity contribution in [3.05, 3.63) is 0 Å². The Balaban J connectivity index is 1.96. The minimum atomic E-state index is -0.198. The van der Waals surface area contributed by atoms with Gasteiger partial charge in [-0.2, -0.15) is 12.6 Å². The van der Waals surface area contributed by atoms with Crippen LogP contribution >= 0.6 is 12.6 Å². The van der Waals surface area contributed by atoms with Crippen LogP contribution < -0.4 is 0 Å². The fourth-order valence-electron chi connectivity index (χ4n) is 2.89. The smallest absolute Gasteiger partial charge is 0.235 e. The van der Waals surface area contributed by atoms with E-state index in [1.807, 2.05) is 18.7 Å². The molecule has 1 saturated heterocycles. The molecule has 0 aromatic carbocycles. The predicted molar refractivity (Wildman–Crippen MR) is 66.4 cm³/mol. The van der Waals surface area contributed by atoms with E-state index in [-0.39, 0.29) is 23.2 Å². The number of hydrogen-bond acceptors (Lipinski definition) is 3. The zero-order valence-electron chi connectivity index (χ0n) is 9.97. The number of aliphatic hydroxyl groups excluding tert-OH is 1. The van der Waals surface area contributed by atoms with Crippen LogP contribution in [0.15, 0.2) is 0 Å². The third kappa shape index (κ3) is 2.09. The van der Waals surface area contributed by atoms with Crippen LogP contribution in [0.1, 0.15) is 26.7 Å². The molecule has 0 bridgehead atoms. The normalized spacial score (nSPS) is 35.6. The van der Waals surface area contributed by atoms with E-state index in [0.717, 1.165) is 25.9 Å². The van der Waals surface area contributed by atoms with Crippen LogP contribution in [0.3, 0.4) is 0 Å². The second kappa shape index (κ2) is 4.57. The lowest BCUT2D eigenvalue weighted by molar-refractivity contribution is -0.130. The average molecular weight is 243 g/mol. The van der Waals surface area contributed by atoms with Gasteiger partial charge >= 0.3 is 0 Å². The van der Waals surface area contributed by atoms with Crippen LogP contribution in [0.25, 0.3) is 0 Å². The van der Waals surface area contributed by atoms with E-state index in [1.54, 1.807) is 0 Å². The van der Waals surface area contributed by atoms with E-state index in [2.05, 4.69) is 12.6 Å². The van der Waals surface area contributed by atoms with Crippen molar-refractivity contribution in [1.82, 2.24) is 4.90 Å². The van der Waals surface area contributed by atoms with Crippen LogP contribution in [0.2, 0.25) is 0 Å². The summed E-state index contributed by atoms with van der Waals surface area (Å²) in [6.07, 6.45) is 1.78. The molecule has 1 amide bonds. The van der Waals surface area contributed by atoms with Gasteiger partial charge in [-0.3, -0.25) is 4.79 Å². The maximum absolute atomic E-state index is 12.1. The van der Waals surface area contributed by atoms with Gasteiger partial charge in [0.15, 0.2) is 0 Å². The number of fused-ring (bicyclic) bond motifs is 1. The maximum atomic E-state index is 12.1. The van der Waals surface area contributed by atoms with Gasteiger partial charge in [-0.25, -0.2) is 0 Å². The molecule has 3 nitrogen and oxygen atoms in total. The molecule has 1 N–H and O–H groups in total. The van der Waals surface area contributed by atoms with E-state index in [1.165, 1.54) is 0 Å². The Morgan fingerprint density at radius 2 is 2.06 bits per heavy atom. The molecule has 0 radical (unpaired) electrons. The second-order valence-electron chi connectivity index (χ2n) is 5.50. The van der Waals surface area contributed by atoms with Gasteiger partial charge in [0.1, 0.15) is 0 Å². The highest BCUT2D eigenvalue weighted by molar-refractivity contribution is 7.81. The van der Waals surface area contributed by atoms with Crippen molar-refractivity contribution in [2.24, 2.45) is 17.8 Å². The maximum Gasteiger partial charge on any atom is 0.235 e. The van der Waals surface area contributed by atoms with Crippen molar-refractivity contribution in [3.8, 4) is 0 Å². The molecular formula is C12H21NO2S. The topological polar surface area (TPSA) is 40.5 Å². The summed E-state index contributed by atoms with van der Waals surface area (Å²) in [7, 11) is 0. The van der Waals surface area contributed by atoms with Gasteiger partial charge in [-0.15, -0.1) is 0 Å². The molecule has 2 aliphatic rings. The van der Waals surface area contributed by atoms with Crippen molar-refractivity contribution in [2.75, 3.05) is 13.1 Å². The monoisotopic (exact) mass is 243 g/mol. The third-order valence-electron chi connectivity index (χ3n) is 4.02. The van der Waals surface area contributed by atoms with Crippen LogP contribution in [0.5, 0.6) is 0 Å². The quantitative estimate of drug-likeness (QED) is 0.715. The lowest BCUT2D eigenvalue weighted by Gasteiger charge is -2.23. The molecule has 1 aliphatic carbocycles. The third-order valence-corrected chi connectivity index (χ3v) is 4.83. The predicted octanol–water partition coefficient (Wildman–Crippen LogP) is 1.17. The fraction of sp³-hybridized carbons (Fsp3) is 0.917. The molecule has 92 valence electrons. The first kappa shape index (κ1) is 12.2. The lowest BCUT2D eigenvalue weighted by Crippen LogP contribution is -2.38. The highest BCUT2D eigenvalue weighted by atomic mass is 32.1. The number of amides is 1. The number of rotatable bonds is 2. The minimum Gasteiger partial charge on any atom is -0.393 e. The minimum absolute atomic E-state index is 0.139. The number of thiol groups is 1. The molecule has 0 aromatic rings. The Morgan fingerprint density at radius 3 is 2.62 bits per heavy atom. The van der Waals surface area contributed by atoms with Crippen LogP contribution in [0.4, 0.5) is 0 Å². The summed E-state index contributed by atoms with van der Waals surface area (Å²) < 4.78 is 0. The molecular weight excluding hydrogens is 222 g/mol. The number of aliphatic hydroxyl groups is 1. The van der Waals surface area contributed by atoms with Gasteiger partial charge in [0.2, 0.25) is 5.91 Å². The molecule has 0 spiro atoms. The Labute approximate surface area is 103 Å². The Hall–Kier alpha value is -0.220. The van der Waals surface area contributed by atoms with E-state index in [4.69, 9.17) is 0 Å². The fourth-order valence-corrected chi connectivity index (χ4v) is 3.05. The zero-order valence-corrected chi connectivity index (χ0v) is 10.9. The molecule has 2 rings (SSSR count). The van der Waals surface area contributed by atoms with Crippen LogP contribution in [-0.4, -0.2) is 40.4 Å². The van der Waals surface area contributed by atoms with E-state index < -0.39 is 0 Å². The van der Waals surface area contributed by atoms with E-state index in [9.17, 15) is 9.90 Å². The van der Waals surface area contributed by atoms with Gasteiger partial charge < -0.3 is 10.0 Å². The molecule has 0 aromatic heterocycles. The summed E-state index contributed by atoms with van der Waals surface area (Å²) in [5, 5.41) is 9.59. The molecule has 4 unspecified atom stereocenters. The van der Waals surface area contributed by atoms with Crippen molar-refractivity contribution in [1.29, 1.82) is 0 Å². The first-order valence-electron chi connectivity index (χ1n) is 6.15. The van der Waals surface area contributed by atoms with Crippen molar-refractivity contribution in [3.63, 3.8) is 0 Å². The highest BCUT2D eigenvalue weighted by Crippen LogP contribution is 2.38. The number of likely N-dealkylation sites (tertiary alicyclic amines) is 1. The number of nitrogens with zero attached hydrogens (tertiary/aromatic N) is 1. The second-order valence-corrected chi connectivity index (χ2v) is 6.06. The summed E-state index contributed by atoms with van der Waals surface area (Å²) in [4.78, 5) is 14.0. The van der Waals surface area contributed by atoms with Gasteiger partial charge in [0.25, 0.3) is 0 Å². The summed E-state index contributed by atoms with van der Waals surface area (Å²) in [6.45, 7) is 5.58. The van der Waals surface area contributed by atoms with Gasteiger partial charge in [0, 0.05) is 19.0 Å².